The molecule has 0 heteroatoms. The SMILES string of the molecule is C1=CCC2CCC=12. The third-order valence-electron chi connectivity index (χ3n) is 1.94. The number of fused-ring (bicyclic) bond motifs is 1. The Balaban J connectivity index is 2.35. The Bertz CT molecular complexity index is 147. The van der Waals surface area contributed by atoms with E-state index in [1.54, 1.807) is 5.57 Å². The second-order valence-corrected chi connectivity index (χ2v) is 2.35. The highest BCUT2D eigenvalue weighted by Gasteiger charge is 2.24. The van der Waals surface area contributed by atoms with Crippen molar-refractivity contribution in [2.75, 3.05) is 0 Å². The Morgan fingerprint density at radius 2 is 2.71 bits per heavy atom. The van der Waals surface area contributed by atoms with Crippen LogP contribution in [0.15, 0.2) is 17.4 Å². The molecule has 2 aliphatic rings. The normalized spacial score (nSPS) is 34.3. The third kappa shape index (κ3) is 0.324. The molecule has 7 heavy (non-hydrogen) atoms. The molecule has 1 atom stereocenters. The molecular formula is C7H8. The lowest BCUT2D eigenvalue weighted by Gasteiger charge is -2.22. The van der Waals surface area contributed by atoms with Gasteiger partial charge in [-0.05, 0) is 36.8 Å². The zero-order valence-corrected chi connectivity index (χ0v) is 4.28. The molecule has 0 N–H and O–H groups in total. The second-order valence-electron chi connectivity index (χ2n) is 2.35. The largest absolute Gasteiger partial charge is 0.126 e. The first-order chi connectivity index (χ1) is 3.47. The van der Waals surface area contributed by atoms with Crippen molar-refractivity contribution in [2.24, 2.45) is 5.92 Å². The summed E-state index contributed by atoms with van der Waals surface area (Å²) >= 11 is 0. The van der Waals surface area contributed by atoms with Crippen LogP contribution in [0.5, 0.6) is 0 Å². The maximum Gasteiger partial charge on any atom is -0.00833 e. The molecule has 1 unspecified atom stereocenters. The average molecular weight is 92.1 g/mol. The van der Waals surface area contributed by atoms with Crippen molar-refractivity contribution in [1.82, 2.24) is 0 Å². The molecule has 2 aliphatic carbocycles. The fourth-order valence-electron chi connectivity index (χ4n) is 1.28. The molecule has 0 bridgehead atoms. The van der Waals surface area contributed by atoms with Gasteiger partial charge in [-0.1, -0.05) is 0 Å². The summed E-state index contributed by atoms with van der Waals surface area (Å²) in [4.78, 5) is 0. The van der Waals surface area contributed by atoms with E-state index in [1.807, 2.05) is 0 Å². The van der Waals surface area contributed by atoms with Crippen LogP contribution in [-0.2, 0) is 0 Å². The van der Waals surface area contributed by atoms with Gasteiger partial charge < -0.3 is 0 Å². The molecule has 0 aromatic heterocycles. The molecule has 0 heterocycles. The molecular weight excluding hydrogens is 84.1 g/mol. The molecule has 0 aliphatic heterocycles. The molecule has 2 rings (SSSR count). The van der Waals surface area contributed by atoms with Crippen molar-refractivity contribution < 1.29 is 0 Å². The topological polar surface area (TPSA) is 0 Å². The molecule has 0 aromatic rings. The molecule has 1 saturated carbocycles. The summed E-state index contributed by atoms with van der Waals surface area (Å²) in [7, 11) is 0. The summed E-state index contributed by atoms with van der Waals surface area (Å²) in [6.45, 7) is 0. The van der Waals surface area contributed by atoms with Gasteiger partial charge in [0, 0.05) is 0 Å². The van der Waals surface area contributed by atoms with Gasteiger partial charge in [0.05, 0.1) is 0 Å². The minimum atomic E-state index is 0.944. The Hall–Kier alpha value is -0.480. The maximum atomic E-state index is 3.25. The molecule has 0 saturated heterocycles. The minimum absolute atomic E-state index is 0.944. The van der Waals surface area contributed by atoms with E-state index < -0.39 is 0 Å². The van der Waals surface area contributed by atoms with Crippen LogP contribution in [0.25, 0.3) is 0 Å². The molecule has 0 radical (unpaired) electrons. The van der Waals surface area contributed by atoms with Crippen molar-refractivity contribution in [3.8, 4) is 0 Å². The standard InChI is InChI=1S/C7H8/c1-2-6-4-5-7(6)3-1/h1,6H,2,4-5H2. The Morgan fingerprint density at radius 1 is 1.71 bits per heavy atom. The number of hydrogen-bond donors (Lipinski definition) is 0. The summed E-state index contributed by atoms with van der Waals surface area (Å²) < 4.78 is 0. The van der Waals surface area contributed by atoms with E-state index in [0.717, 1.165) is 5.92 Å². The van der Waals surface area contributed by atoms with Crippen LogP contribution in [0.2, 0.25) is 0 Å². The van der Waals surface area contributed by atoms with E-state index >= 15 is 0 Å². The molecule has 0 spiro atoms. The number of allylic oxidation sites excluding steroid dienone is 1. The van der Waals surface area contributed by atoms with E-state index in [4.69, 9.17) is 0 Å². The first-order valence-corrected chi connectivity index (χ1v) is 2.91. The summed E-state index contributed by atoms with van der Waals surface area (Å²) in [6, 6.07) is 0. The fraction of sp³-hybridized carbons (Fsp3) is 0.571. The van der Waals surface area contributed by atoms with Gasteiger partial charge in [-0.2, -0.15) is 0 Å². The van der Waals surface area contributed by atoms with Gasteiger partial charge in [0.2, 0.25) is 0 Å². The van der Waals surface area contributed by atoms with E-state index in [9.17, 15) is 0 Å². The first kappa shape index (κ1) is 3.51. The van der Waals surface area contributed by atoms with Crippen LogP contribution < -0.4 is 0 Å². The lowest BCUT2D eigenvalue weighted by atomic mass is 9.81. The molecule has 1 fully saturated rings. The lowest BCUT2D eigenvalue weighted by molar-refractivity contribution is 0.463. The van der Waals surface area contributed by atoms with Gasteiger partial charge in [-0.3, -0.25) is 0 Å². The monoisotopic (exact) mass is 92.1 g/mol. The van der Waals surface area contributed by atoms with Crippen molar-refractivity contribution in [3.05, 3.63) is 17.4 Å². The summed E-state index contributed by atoms with van der Waals surface area (Å²) in [5.41, 5.74) is 4.83. The van der Waals surface area contributed by atoms with Crippen LogP contribution in [0, 0.1) is 5.92 Å². The van der Waals surface area contributed by atoms with Crippen LogP contribution in [0.4, 0.5) is 0 Å². The van der Waals surface area contributed by atoms with Crippen molar-refractivity contribution in [2.45, 2.75) is 19.3 Å². The highest BCUT2D eigenvalue weighted by molar-refractivity contribution is 5.20. The smallest absolute Gasteiger partial charge is 0.00833 e. The van der Waals surface area contributed by atoms with Crippen LogP contribution in [0.3, 0.4) is 0 Å². The first-order valence-electron chi connectivity index (χ1n) is 2.91. The van der Waals surface area contributed by atoms with E-state index in [-0.39, 0.29) is 0 Å². The third-order valence-corrected chi connectivity index (χ3v) is 1.94. The van der Waals surface area contributed by atoms with E-state index in [2.05, 4.69) is 11.8 Å². The zero-order valence-electron chi connectivity index (χ0n) is 4.28. The van der Waals surface area contributed by atoms with Crippen molar-refractivity contribution in [1.29, 1.82) is 0 Å². The molecule has 36 valence electrons. The summed E-state index contributed by atoms with van der Waals surface area (Å²) in [5.74, 6) is 0.944. The van der Waals surface area contributed by atoms with Gasteiger partial charge in [-0.25, -0.2) is 0 Å². The van der Waals surface area contributed by atoms with E-state index in [0.29, 0.717) is 0 Å². The van der Waals surface area contributed by atoms with E-state index in [1.165, 1.54) is 19.3 Å². The summed E-state index contributed by atoms with van der Waals surface area (Å²) in [6.07, 6.45) is 6.22. The fourth-order valence-corrected chi connectivity index (χ4v) is 1.28. The van der Waals surface area contributed by atoms with Crippen LogP contribution in [0.1, 0.15) is 19.3 Å². The van der Waals surface area contributed by atoms with Crippen LogP contribution >= 0.6 is 0 Å². The average Bonchev–Trinajstić information content (AvgIpc) is 1.85. The predicted octanol–water partition coefficient (Wildman–Crippen LogP) is 1.88. The number of hydrogen-bond acceptors (Lipinski definition) is 0. The van der Waals surface area contributed by atoms with Gasteiger partial charge in [-0.15, -0.1) is 5.73 Å². The highest BCUT2D eigenvalue weighted by atomic mass is 14.3. The lowest BCUT2D eigenvalue weighted by Crippen LogP contribution is -2.10. The summed E-state index contributed by atoms with van der Waals surface area (Å²) in [5, 5.41) is 0. The van der Waals surface area contributed by atoms with Gasteiger partial charge in [0.1, 0.15) is 0 Å². The molecule has 0 amide bonds. The Morgan fingerprint density at radius 3 is 3.00 bits per heavy atom. The van der Waals surface area contributed by atoms with Crippen LogP contribution in [-0.4, -0.2) is 0 Å². The van der Waals surface area contributed by atoms with Gasteiger partial charge >= 0.3 is 0 Å². The Kier molecular flexibility index (Phi) is 0.511. The molecule has 0 aromatic carbocycles. The van der Waals surface area contributed by atoms with Gasteiger partial charge in [0.15, 0.2) is 0 Å². The zero-order chi connectivity index (χ0) is 4.69. The minimum Gasteiger partial charge on any atom is -0.126 e. The Labute approximate surface area is 43.5 Å². The van der Waals surface area contributed by atoms with Crippen molar-refractivity contribution >= 4 is 0 Å². The maximum absolute atomic E-state index is 3.25. The second kappa shape index (κ2) is 1.02. The van der Waals surface area contributed by atoms with Gasteiger partial charge in [0.25, 0.3) is 0 Å². The van der Waals surface area contributed by atoms with Crippen molar-refractivity contribution in [3.63, 3.8) is 0 Å². The molecule has 0 nitrogen and oxygen atoms in total. The quantitative estimate of drug-likeness (QED) is 0.400. The highest BCUT2D eigenvalue weighted by Crippen LogP contribution is 2.38. The predicted molar refractivity (Wildman–Crippen MR) is 28.9 cm³/mol. The number of rotatable bonds is 0.